The Labute approximate surface area is 157 Å². The number of nitrogens with one attached hydrogen (secondary N) is 1. The highest BCUT2D eigenvalue weighted by atomic mass is 16.2. The van der Waals surface area contributed by atoms with Crippen LogP contribution in [0.25, 0.3) is 16.7 Å². The van der Waals surface area contributed by atoms with E-state index in [9.17, 15) is 4.79 Å². The number of rotatable bonds is 3. The molecule has 0 saturated carbocycles. The molecule has 1 amide bonds. The molecule has 1 aliphatic rings. The van der Waals surface area contributed by atoms with E-state index in [2.05, 4.69) is 4.98 Å². The zero-order chi connectivity index (χ0) is 18.2. The van der Waals surface area contributed by atoms with Gasteiger partial charge < -0.3 is 14.5 Å². The third kappa shape index (κ3) is 2.81. The number of nitrogens with zero attached hydrogens (tertiary/aromatic N) is 3. The Morgan fingerprint density at radius 1 is 1.00 bits per heavy atom. The number of imidazole rings is 1. The molecule has 1 atom stereocenters. The summed E-state index contributed by atoms with van der Waals surface area (Å²) in [6.07, 6.45) is 5.92. The fourth-order valence-electron chi connectivity index (χ4n) is 3.87. The van der Waals surface area contributed by atoms with Gasteiger partial charge in [-0.15, -0.1) is 0 Å². The van der Waals surface area contributed by atoms with Crippen molar-refractivity contribution >= 4 is 16.9 Å². The highest BCUT2D eigenvalue weighted by Crippen LogP contribution is 2.32. The maximum atomic E-state index is 13.1. The van der Waals surface area contributed by atoms with Gasteiger partial charge in [0, 0.05) is 30.2 Å². The van der Waals surface area contributed by atoms with E-state index in [1.807, 2.05) is 82.5 Å². The van der Waals surface area contributed by atoms with E-state index in [4.69, 9.17) is 4.98 Å². The van der Waals surface area contributed by atoms with E-state index < -0.39 is 0 Å². The van der Waals surface area contributed by atoms with E-state index in [1.54, 1.807) is 0 Å². The lowest BCUT2D eigenvalue weighted by atomic mass is 10.1. The molecule has 3 heterocycles. The number of aromatic amines is 1. The van der Waals surface area contributed by atoms with Crippen LogP contribution in [0.3, 0.4) is 0 Å². The molecule has 27 heavy (non-hydrogen) atoms. The Hall–Kier alpha value is -3.34. The van der Waals surface area contributed by atoms with Gasteiger partial charge >= 0.3 is 0 Å². The van der Waals surface area contributed by atoms with Gasteiger partial charge in [-0.1, -0.05) is 12.1 Å². The van der Waals surface area contributed by atoms with Crippen LogP contribution in [0.2, 0.25) is 0 Å². The second-order valence-corrected chi connectivity index (χ2v) is 6.93. The smallest absolute Gasteiger partial charge is 0.254 e. The van der Waals surface area contributed by atoms with Crippen molar-refractivity contribution in [3.63, 3.8) is 0 Å². The summed E-state index contributed by atoms with van der Waals surface area (Å²) in [5.74, 6) is 0.947. The zero-order valence-electron chi connectivity index (χ0n) is 14.9. The maximum Gasteiger partial charge on any atom is 0.254 e. The van der Waals surface area contributed by atoms with Crippen molar-refractivity contribution in [2.24, 2.45) is 0 Å². The number of fused-ring (bicyclic) bond motifs is 1. The molecule has 1 unspecified atom stereocenters. The number of para-hydroxylation sites is 2. The molecule has 2 aromatic heterocycles. The molecule has 1 fully saturated rings. The van der Waals surface area contributed by atoms with Crippen LogP contribution in [-0.4, -0.2) is 31.9 Å². The van der Waals surface area contributed by atoms with E-state index in [-0.39, 0.29) is 11.9 Å². The monoisotopic (exact) mass is 356 g/mol. The molecule has 1 saturated heterocycles. The quantitative estimate of drug-likeness (QED) is 0.594. The van der Waals surface area contributed by atoms with E-state index in [0.29, 0.717) is 5.56 Å². The highest BCUT2D eigenvalue weighted by molar-refractivity contribution is 5.95. The maximum absolute atomic E-state index is 13.1. The second-order valence-electron chi connectivity index (χ2n) is 6.93. The first-order valence-corrected chi connectivity index (χ1v) is 9.29. The Balaban J connectivity index is 1.41. The van der Waals surface area contributed by atoms with Crippen LogP contribution in [0.5, 0.6) is 0 Å². The van der Waals surface area contributed by atoms with Crippen molar-refractivity contribution in [1.29, 1.82) is 0 Å². The normalized spacial score (nSPS) is 16.9. The van der Waals surface area contributed by atoms with Crippen molar-refractivity contribution in [3.05, 3.63) is 84.4 Å². The van der Waals surface area contributed by atoms with Crippen LogP contribution in [0.15, 0.2) is 73.1 Å². The molecule has 5 heteroatoms. The number of carbonyl (C=O) groups is 1. The number of likely N-dealkylation sites (tertiary alicyclic amines) is 1. The van der Waals surface area contributed by atoms with Gasteiger partial charge in [0.1, 0.15) is 5.82 Å². The van der Waals surface area contributed by atoms with Crippen LogP contribution in [0.1, 0.15) is 35.1 Å². The van der Waals surface area contributed by atoms with Crippen LogP contribution in [0, 0.1) is 0 Å². The van der Waals surface area contributed by atoms with Gasteiger partial charge in [-0.25, -0.2) is 4.98 Å². The average Bonchev–Trinajstić information content (AvgIpc) is 3.47. The molecule has 1 N–H and O–H groups in total. The highest BCUT2D eigenvalue weighted by Gasteiger charge is 2.32. The summed E-state index contributed by atoms with van der Waals surface area (Å²) >= 11 is 0. The molecule has 0 radical (unpaired) electrons. The van der Waals surface area contributed by atoms with Crippen molar-refractivity contribution < 1.29 is 4.79 Å². The predicted molar refractivity (Wildman–Crippen MR) is 105 cm³/mol. The largest absolute Gasteiger partial charge is 0.340 e. The van der Waals surface area contributed by atoms with Crippen molar-refractivity contribution in [2.75, 3.05) is 6.54 Å². The third-order valence-corrected chi connectivity index (χ3v) is 5.25. The Kier molecular flexibility index (Phi) is 3.78. The second kappa shape index (κ2) is 6.43. The van der Waals surface area contributed by atoms with Crippen LogP contribution < -0.4 is 0 Å². The summed E-state index contributed by atoms with van der Waals surface area (Å²) in [6, 6.07) is 19.8. The lowest BCUT2D eigenvalue weighted by molar-refractivity contribution is 0.0730. The predicted octanol–water partition coefficient (Wildman–Crippen LogP) is 4.33. The minimum Gasteiger partial charge on any atom is -0.340 e. The van der Waals surface area contributed by atoms with Crippen LogP contribution in [0.4, 0.5) is 0 Å². The summed E-state index contributed by atoms with van der Waals surface area (Å²) in [7, 11) is 0. The average molecular weight is 356 g/mol. The summed E-state index contributed by atoms with van der Waals surface area (Å²) in [4.78, 5) is 23.2. The van der Waals surface area contributed by atoms with Crippen molar-refractivity contribution in [2.45, 2.75) is 18.9 Å². The summed E-state index contributed by atoms with van der Waals surface area (Å²) in [5, 5.41) is 0. The van der Waals surface area contributed by atoms with Gasteiger partial charge in [0.2, 0.25) is 0 Å². The minimum absolute atomic E-state index is 0.00836. The molecule has 5 nitrogen and oxygen atoms in total. The lowest BCUT2D eigenvalue weighted by Gasteiger charge is -2.23. The lowest BCUT2D eigenvalue weighted by Crippen LogP contribution is -2.31. The first kappa shape index (κ1) is 15.9. The number of hydrogen-bond acceptors (Lipinski definition) is 2. The fourth-order valence-corrected chi connectivity index (χ4v) is 3.87. The Bertz CT molecular complexity index is 1050. The molecular formula is C22H20N4O. The summed E-state index contributed by atoms with van der Waals surface area (Å²) < 4.78 is 2.03. The number of hydrogen-bond donors (Lipinski definition) is 1. The number of aromatic nitrogens is 3. The summed E-state index contributed by atoms with van der Waals surface area (Å²) in [5.41, 5.74) is 3.73. The topological polar surface area (TPSA) is 53.9 Å². The molecule has 4 aromatic rings. The number of carbonyl (C=O) groups excluding carboxylic acids is 1. The van der Waals surface area contributed by atoms with Crippen molar-refractivity contribution in [3.8, 4) is 5.69 Å². The zero-order valence-corrected chi connectivity index (χ0v) is 14.9. The van der Waals surface area contributed by atoms with Gasteiger partial charge in [0.05, 0.1) is 17.1 Å². The first-order chi connectivity index (χ1) is 13.3. The molecule has 0 aliphatic carbocycles. The Morgan fingerprint density at radius 2 is 1.78 bits per heavy atom. The van der Waals surface area contributed by atoms with Gasteiger partial charge in [0.25, 0.3) is 5.91 Å². The van der Waals surface area contributed by atoms with E-state index in [0.717, 1.165) is 41.9 Å². The molecule has 134 valence electrons. The van der Waals surface area contributed by atoms with E-state index >= 15 is 0 Å². The van der Waals surface area contributed by atoms with Gasteiger partial charge in [-0.2, -0.15) is 0 Å². The van der Waals surface area contributed by atoms with Gasteiger partial charge in [-0.05, 0) is 61.4 Å². The molecule has 0 spiro atoms. The number of benzene rings is 2. The van der Waals surface area contributed by atoms with Gasteiger partial charge in [0.15, 0.2) is 0 Å². The molecule has 0 bridgehead atoms. The molecular weight excluding hydrogens is 336 g/mol. The number of amides is 1. The van der Waals surface area contributed by atoms with Gasteiger partial charge in [-0.3, -0.25) is 4.79 Å². The molecule has 5 rings (SSSR count). The minimum atomic E-state index is 0.00836. The molecule has 2 aromatic carbocycles. The van der Waals surface area contributed by atoms with Crippen molar-refractivity contribution in [1.82, 2.24) is 19.4 Å². The number of H-pyrrole nitrogens is 1. The van der Waals surface area contributed by atoms with Crippen LogP contribution >= 0.6 is 0 Å². The Morgan fingerprint density at radius 3 is 2.56 bits per heavy atom. The molecule has 1 aliphatic heterocycles. The standard InChI is InChI=1S/C22H20N4O/c27-22(16-9-11-17(12-10-16)25-13-3-4-14-25)26-15-5-8-20(26)21-23-18-6-1-2-7-19(18)24-21/h1-4,6-7,9-14,20H,5,8,15H2,(H,23,24). The first-order valence-electron chi connectivity index (χ1n) is 9.29. The van der Waals surface area contributed by atoms with Crippen LogP contribution in [-0.2, 0) is 0 Å². The third-order valence-electron chi connectivity index (χ3n) is 5.25. The SMILES string of the molecule is O=C(c1ccc(-n2cccc2)cc1)N1CCCC1c1nc2ccccc2[nH]1. The van der Waals surface area contributed by atoms with E-state index in [1.165, 1.54) is 0 Å². The summed E-state index contributed by atoms with van der Waals surface area (Å²) in [6.45, 7) is 0.764. The fraction of sp³-hybridized carbons (Fsp3) is 0.182.